The van der Waals surface area contributed by atoms with Crippen molar-refractivity contribution in [2.75, 3.05) is 7.11 Å². The lowest BCUT2D eigenvalue weighted by Gasteiger charge is -2.09. The van der Waals surface area contributed by atoms with Crippen LogP contribution in [0.25, 0.3) is 17.0 Å². The standard InChI is InChI=1S/C22H23NO5S/c1-3-4-5-16-6-10-19(11-7-16)29(26,27)23-15-17(8-13-22(24)25)20-14-18(28-2)9-12-21(20)23/h6-15H,3-5H2,1-2H3,(H,24,25). The number of carbonyl (C=O) groups is 1. The Labute approximate surface area is 170 Å². The van der Waals surface area contributed by atoms with E-state index in [1.807, 2.05) is 12.1 Å². The molecule has 0 amide bonds. The van der Waals surface area contributed by atoms with E-state index in [0.717, 1.165) is 30.9 Å². The van der Waals surface area contributed by atoms with Crippen LogP contribution in [0.1, 0.15) is 30.9 Å². The maximum absolute atomic E-state index is 13.3. The Kier molecular flexibility index (Phi) is 6.08. The third-order valence-corrected chi connectivity index (χ3v) is 6.40. The molecule has 6 nitrogen and oxygen atoms in total. The molecule has 0 saturated carbocycles. The first-order valence-electron chi connectivity index (χ1n) is 9.31. The van der Waals surface area contributed by atoms with Gasteiger partial charge in [0.15, 0.2) is 0 Å². The molecule has 0 spiro atoms. The molecule has 1 N–H and O–H groups in total. The summed E-state index contributed by atoms with van der Waals surface area (Å²) in [4.78, 5) is 11.1. The number of ether oxygens (including phenoxy) is 1. The minimum Gasteiger partial charge on any atom is -0.497 e. The molecule has 0 unspecified atom stereocenters. The molecule has 1 heterocycles. The molecule has 0 radical (unpaired) electrons. The van der Waals surface area contributed by atoms with Crippen LogP contribution in [0.4, 0.5) is 0 Å². The number of hydrogen-bond acceptors (Lipinski definition) is 4. The zero-order valence-corrected chi connectivity index (χ0v) is 17.1. The number of aromatic nitrogens is 1. The summed E-state index contributed by atoms with van der Waals surface area (Å²) in [6.07, 6.45) is 6.83. The lowest BCUT2D eigenvalue weighted by molar-refractivity contribution is -0.131. The number of nitrogens with zero attached hydrogens (tertiary/aromatic N) is 1. The number of carboxylic acids is 1. The Balaban J connectivity index is 2.11. The van der Waals surface area contributed by atoms with Crippen molar-refractivity contribution in [1.82, 2.24) is 3.97 Å². The molecule has 0 aliphatic carbocycles. The first-order chi connectivity index (χ1) is 13.9. The van der Waals surface area contributed by atoms with E-state index in [0.29, 0.717) is 22.2 Å². The second-order valence-corrected chi connectivity index (χ2v) is 8.50. The topological polar surface area (TPSA) is 85.6 Å². The number of methoxy groups -OCH3 is 1. The molecule has 152 valence electrons. The first kappa shape index (κ1) is 20.7. The zero-order chi connectivity index (χ0) is 21.0. The average Bonchev–Trinajstić information content (AvgIpc) is 3.09. The summed E-state index contributed by atoms with van der Waals surface area (Å²) in [5, 5.41) is 9.53. The average molecular weight is 413 g/mol. The summed E-state index contributed by atoms with van der Waals surface area (Å²) in [5.41, 5.74) is 2.02. The van der Waals surface area contributed by atoms with Crippen molar-refractivity contribution in [3.8, 4) is 5.75 Å². The van der Waals surface area contributed by atoms with Crippen molar-refractivity contribution in [3.05, 3.63) is 65.9 Å². The second-order valence-electron chi connectivity index (χ2n) is 6.69. The number of unbranched alkanes of at least 4 members (excludes halogenated alkanes) is 1. The highest BCUT2D eigenvalue weighted by molar-refractivity contribution is 7.90. The Hall–Kier alpha value is -3.06. The quantitative estimate of drug-likeness (QED) is 0.556. The maximum Gasteiger partial charge on any atom is 0.328 e. The number of rotatable bonds is 8. The lowest BCUT2D eigenvalue weighted by atomic mass is 10.1. The fraction of sp³-hybridized carbons (Fsp3) is 0.227. The van der Waals surface area contributed by atoms with Crippen molar-refractivity contribution in [3.63, 3.8) is 0 Å². The van der Waals surface area contributed by atoms with Crippen LogP contribution < -0.4 is 4.74 Å². The normalized spacial score (nSPS) is 11.9. The van der Waals surface area contributed by atoms with E-state index >= 15 is 0 Å². The molecule has 2 aromatic carbocycles. The first-order valence-corrected chi connectivity index (χ1v) is 10.8. The Morgan fingerprint density at radius 1 is 1.17 bits per heavy atom. The van der Waals surface area contributed by atoms with Gasteiger partial charge in [-0.25, -0.2) is 17.2 Å². The zero-order valence-electron chi connectivity index (χ0n) is 16.3. The van der Waals surface area contributed by atoms with Crippen molar-refractivity contribution in [1.29, 1.82) is 0 Å². The molecule has 3 aromatic rings. The Bertz CT molecular complexity index is 1160. The summed E-state index contributed by atoms with van der Waals surface area (Å²) in [7, 11) is -2.33. The largest absolute Gasteiger partial charge is 0.497 e. The van der Waals surface area contributed by atoms with Crippen LogP contribution >= 0.6 is 0 Å². The molecular weight excluding hydrogens is 390 g/mol. The van der Waals surface area contributed by atoms with Crippen LogP contribution in [0.15, 0.2) is 59.6 Å². The molecule has 0 saturated heterocycles. The van der Waals surface area contributed by atoms with Gasteiger partial charge < -0.3 is 9.84 Å². The van der Waals surface area contributed by atoms with Gasteiger partial charge in [-0.3, -0.25) is 0 Å². The molecule has 29 heavy (non-hydrogen) atoms. The molecule has 1 aromatic heterocycles. The highest BCUT2D eigenvalue weighted by atomic mass is 32.2. The van der Waals surface area contributed by atoms with Gasteiger partial charge in [0.05, 0.1) is 17.5 Å². The fourth-order valence-electron chi connectivity index (χ4n) is 3.15. The third kappa shape index (κ3) is 4.35. The van der Waals surface area contributed by atoms with Crippen LogP contribution in [0.3, 0.4) is 0 Å². The smallest absolute Gasteiger partial charge is 0.328 e. The number of aliphatic carboxylic acids is 1. The second kappa shape index (κ2) is 8.53. The fourth-order valence-corrected chi connectivity index (χ4v) is 4.52. The van der Waals surface area contributed by atoms with Crippen molar-refractivity contribution in [2.45, 2.75) is 31.1 Å². The molecule has 0 aliphatic rings. The summed E-state index contributed by atoms with van der Waals surface area (Å²) in [6.45, 7) is 2.11. The van der Waals surface area contributed by atoms with E-state index in [2.05, 4.69) is 6.92 Å². The van der Waals surface area contributed by atoms with Crippen LogP contribution in [-0.4, -0.2) is 30.6 Å². The molecule has 7 heteroatoms. The molecule has 0 atom stereocenters. The molecule has 0 fully saturated rings. The van der Waals surface area contributed by atoms with Gasteiger partial charge in [0, 0.05) is 23.2 Å². The number of hydrogen-bond donors (Lipinski definition) is 1. The summed E-state index contributed by atoms with van der Waals surface area (Å²) in [6, 6.07) is 11.9. The van der Waals surface area contributed by atoms with Gasteiger partial charge in [-0.1, -0.05) is 25.5 Å². The van der Waals surface area contributed by atoms with Crippen LogP contribution in [0.2, 0.25) is 0 Å². The molecule has 0 aliphatic heterocycles. The lowest BCUT2D eigenvalue weighted by Crippen LogP contribution is -2.11. The van der Waals surface area contributed by atoms with Gasteiger partial charge in [-0.2, -0.15) is 0 Å². The van der Waals surface area contributed by atoms with E-state index < -0.39 is 16.0 Å². The van der Waals surface area contributed by atoms with E-state index in [1.54, 1.807) is 30.3 Å². The Morgan fingerprint density at radius 3 is 2.52 bits per heavy atom. The molecule has 3 rings (SSSR count). The summed E-state index contributed by atoms with van der Waals surface area (Å²) < 4.78 is 33.0. The van der Waals surface area contributed by atoms with Gasteiger partial charge in [-0.15, -0.1) is 0 Å². The number of carboxylic acid groups (broad SMARTS) is 1. The van der Waals surface area contributed by atoms with E-state index in [1.165, 1.54) is 23.4 Å². The van der Waals surface area contributed by atoms with Crippen LogP contribution in [0.5, 0.6) is 5.75 Å². The van der Waals surface area contributed by atoms with Crippen LogP contribution in [0, 0.1) is 0 Å². The highest BCUT2D eigenvalue weighted by Gasteiger charge is 2.21. The number of aryl methyl sites for hydroxylation is 1. The van der Waals surface area contributed by atoms with Crippen molar-refractivity contribution in [2.24, 2.45) is 0 Å². The highest BCUT2D eigenvalue weighted by Crippen LogP contribution is 2.30. The van der Waals surface area contributed by atoms with Crippen molar-refractivity contribution >= 4 is 33.0 Å². The SMILES string of the molecule is CCCCc1ccc(S(=O)(=O)n2cc(C=CC(=O)O)c3cc(OC)ccc32)cc1. The minimum atomic E-state index is -3.85. The monoisotopic (exact) mass is 413 g/mol. The van der Waals surface area contributed by atoms with Gasteiger partial charge >= 0.3 is 5.97 Å². The number of fused-ring (bicyclic) bond motifs is 1. The Morgan fingerprint density at radius 2 is 1.90 bits per heavy atom. The van der Waals surface area contributed by atoms with Gasteiger partial charge in [0.25, 0.3) is 10.0 Å². The predicted octanol–water partition coefficient (Wildman–Crippen LogP) is 4.33. The van der Waals surface area contributed by atoms with Gasteiger partial charge in [0.2, 0.25) is 0 Å². The molecular formula is C22H23NO5S. The summed E-state index contributed by atoms with van der Waals surface area (Å²) in [5.74, 6) is -0.558. The summed E-state index contributed by atoms with van der Waals surface area (Å²) >= 11 is 0. The maximum atomic E-state index is 13.3. The third-order valence-electron chi connectivity index (χ3n) is 4.71. The van der Waals surface area contributed by atoms with Gasteiger partial charge in [0.1, 0.15) is 5.75 Å². The number of benzene rings is 2. The van der Waals surface area contributed by atoms with E-state index in [-0.39, 0.29) is 4.90 Å². The van der Waals surface area contributed by atoms with Crippen molar-refractivity contribution < 1.29 is 23.1 Å². The predicted molar refractivity (Wildman–Crippen MR) is 113 cm³/mol. The van der Waals surface area contributed by atoms with E-state index in [9.17, 15) is 13.2 Å². The minimum absolute atomic E-state index is 0.180. The molecule has 0 bridgehead atoms. The van der Waals surface area contributed by atoms with Gasteiger partial charge in [-0.05, 0) is 54.8 Å². The van der Waals surface area contributed by atoms with Crippen LogP contribution in [-0.2, 0) is 21.2 Å². The van der Waals surface area contributed by atoms with E-state index in [4.69, 9.17) is 9.84 Å².